The summed E-state index contributed by atoms with van der Waals surface area (Å²) in [5, 5.41) is 3.58. The van der Waals surface area contributed by atoms with Crippen LogP contribution in [0, 0.1) is 6.92 Å². The molecule has 0 radical (unpaired) electrons. The van der Waals surface area contributed by atoms with E-state index in [0.29, 0.717) is 16.3 Å². The summed E-state index contributed by atoms with van der Waals surface area (Å²) in [6.07, 6.45) is 0. The Labute approximate surface area is 139 Å². The second kappa shape index (κ2) is 6.31. The second-order valence-electron chi connectivity index (χ2n) is 4.01. The average Bonchev–Trinajstić information content (AvgIpc) is 2.36. The molecule has 1 aromatic carbocycles. The molecule has 0 spiro atoms. The number of hydrogen-bond acceptors (Lipinski definition) is 2. The smallest absolute Gasteiger partial charge is 0.255 e. The van der Waals surface area contributed by atoms with Gasteiger partial charge in [-0.05, 0) is 52.7 Å². The van der Waals surface area contributed by atoms with Crippen molar-refractivity contribution < 1.29 is 4.79 Å². The van der Waals surface area contributed by atoms with Gasteiger partial charge in [-0.25, -0.2) is 4.98 Å². The molecule has 0 aliphatic rings. The van der Waals surface area contributed by atoms with E-state index in [9.17, 15) is 4.79 Å². The summed E-state index contributed by atoms with van der Waals surface area (Å²) in [4.78, 5) is 16.1. The molecule has 3 nitrogen and oxygen atoms in total. The Morgan fingerprint density at radius 1 is 1.25 bits per heavy atom. The summed E-state index contributed by atoms with van der Waals surface area (Å²) in [7, 11) is 0. The molecule has 0 aliphatic carbocycles. The van der Waals surface area contributed by atoms with Gasteiger partial charge in [0.25, 0.3) is 5.91 Å². The van der Waals surface area contributed by atoms with Crippen molar-refractivity contribution in [2.45, 2.75) is 6.92 Å². The maximum Gasteiger partial charge on any atom is 0.255 e. The summed E-state index contributed by atoms with van der Waals surface area (Å²) >= 11 is 21.0. The van der Waals surface area contributed by atoms with Crippen molar-refractivity contribution in [3.63, 3.8) is 0 Å². The predicted molar refractivity (Wildman–Crippen MR) is 86.1 cm³/mol. The molecule has 0 unspecified atom stereocenters. The minimum Gasteiger partial charge on any atom is -0.319 e. The van der Waals surface area contributed by atoms with Crippen molar-refractivity contribution >= 4 is 62.3 Å². The van der Waals surface area contributed by atoms with Crippen LogP contribution < -0.4 is 5.32 Å². The normalized spacial score (nSPS) is 10.4. The lowest BCUT2D eigenvalue weighted by Crippen LogP contribution is -2.13. The Bertz CT molecular complexity index is 668. The van der Waals surface area contributed by atoms with Crippen LogP contribution in [0.15, 0.2) is 28.7 Å². The van der Waals surface area contributed by atoms with Crippen LogP contribution in [-0.4, -0.2) is 10.9 Å². The number of carbonyl (C=O) groups is 1. The van der Waals surface area contributed by atoms with Gasteiger partial charge in [0.2, 0.25) is 0 Å². The fourth-order valence-electron chi connectivity index (χ4n) is 1.57. The molecule has 1 aromatic heterocycles. The van der Waals surface area contributed by atoms with Crippen molar-refractivity contribution in [2.75, 3.05) is 5.32 Å². The quantitative estimate of drug-likeness (QED) is 0.696. The van der Waals surface area contributed by atoms with E-state index in [1.165, 1.54) is 0 Å². The van der Waals surface area contributed by atoms with Crippen LogP contribution in [0.25, 0.3) is 0 Å². The molecule has 0 saturated carbocycles. The molecule has 2 rings (SSSR count). The standard InChI is InChI=1S/C13H8BrCl3N2O/c1-6-4-10(16)18-12(17)11(6)19-13(20)7-2-3-8(14)9(15)5-7/h2-5H,1H3,(H,19,20). The fraction of sp³-hybridized carbons (Fsp3) is 0.0769. The molecule has 1 amide bonds. The Morgan fingerprint density at radius 2 is 1.95 bits per heavy atom. The van der Waals surface area contributed by atoms with E-state index in [1.807, 2.05) is 0 Å². The van der Waals surface area contributed by atoms with Crippen molar-refractivity contribution in [3.8, 4) is 0 Å². The first-order valence-electron chi connectivity index (χ1n) is 5.47. The Hall–Kier alpha value is -0.810. The first kappa shape index (κ1) is 15.6. The molecule has 104 valence electrons. The van der Waals surface area contributed by atoms with Gasteiger partial charge in [0.1, 0.15) is 5.15 Å². The lowest BCUT2D eigenvalue weighted by atomic mass is 10.2. The van der Waals surface area contributed by atoms with Crippen LogP contribution in [0.5, 0.6) is 0 Å². The van der Waals surface area contributed by atoms with Gasteiger partial charge in [-0.2, -0.15) is 0 Å². The molecule has 2 aromatic rings. The van der Waals surface area contributed by atoms with Crippen LogP contribution in [0.1, 0.15) is 15.9 Å². The molecule has 0 fully saturated rings. The van der Waals surface area contributed by atoms with Crippen molar-refractivity contribution in [3.05, 3.63) is 55.2 Å². The van der Waals surface area contributed by atoms with E-state index >= 15 is 0 Å². The van der Waals surface area contributed by atoms with E-state index in [4.69, 9.17) is 34.8 Å². The first-order valence-corrected chi connectivity index (χ1v) is 7.40. The summed E-state index contributed by atoms with van der Waals surface area (Å²) in [6, 6.07) is 6.54. The molecule has 20 heavy (non-hydrogen) atoms. The number of aryl methyl sites for hydroxylation is 1. The van der Waals surface area contributed by atoms with E-state index in [1.54, 1.807) is 31.2 Å². The predicted octanol–water partition coefficient (Wildman–Crippen LogP) is 5.37. The lowest BCUT2D eigenvalue weighted by molar-refractivity contribution is 0.102. The van der Waals surface area contributed by atoms with E-state index in [-0.39, 0.29) is 16.2 Å². The highest BCUT2D eigenvalue weighted by atomic mass is 79.9. The average molecular weight is 394 g/mol. The summed E-state index contributed by atoms with van der Waals surface area (Å²) in [5.74, 6) is -0.325. The molecule has 0 bridgehead atoms. The lowest BCUT2D eigenvalue weighted by Gasteiger charge is -2.10. The van der Waals surface area contributed by atoms with Crippen LogP contribution >= 0.6 is 50.7 Å². The van der Waals surface area contributed by atoms with Gasteiger partial charge in [-0.3, -0.25) is 4.79 Å². The SMILES string of the molecule is Cc1cc(Cl)nc(Cl)c1NC(=O)c1ccc(Br)c(Cl)c1. The summed E-state index contributed by atoms with van der Waals surface area (Å²) < 4.78 is 0.720. The molecule has 7 heteroatoms. The van der Waals surface area contributed by atoms with Gasteiger partial charge in [-0.1, -0.05) is 34.8 Å². The fourth-order valence-corrected chi connectivity index (χ4v) is 2.57. The number of hydrogen-bond donors (Lipinski definition) is 1. The number of nitrogens with zero attached hydrogens (tertiary/aromatic N) is 1. The van der Waals surface area contributed by atoms with Gasteiger partial charge >= 0.3 is 0 Å². The zero-order chi connectivity index (χ0) is 14.9. The molecule has 1 N–H and O–H groups in total. The Morgan fingerprint density at radius 3 is 2.55 bits per heavy atom. The highest BCUT2D eigenvalue weighted by molar-refractivity contribution is 9.10. The number of halogens is 4. The van der Waals surface area contributed by atoms with Gasteiger partial charge < -0.3 is 5.32 Å². The topological polar surface area (TPSA) is 42.0 Å². The van der Waals surface area contributed by atoms with Crippen LogP contribution in [0.3, 0.4) is 0 Å². The van der Waals surface area contributed by atoms with Gasteiger partial charge in [0, 0.05) is 10.0 Å². The largest absolute Gasteiger partial charge is 0.319 e. The molecule has 0 aliphatic heterocycles. The molecule has 1 heterocycles. The zero-order valence-electron chi connectivity index (χ0n) is 10.2. The number of benzene rings is 1. The van der Waals surface area contributed by atoms with Crippen LogP contribution in [-0.2, 0) is 0 Å². The number of amides is 1. The Balaban J connectivity index is 2.30. The number of rotatable bonds is 2. The number of anilines is 1. The molecular weight excluding hydrogens is 386 g/mol. The zero-order valence-corrected chi connectivity index (χ0v) is 14.0. The minimum absolute atomic E-state index is 0.145. The number of aromatic nitrogens is 1. The first-order chi connectivity index (χ1) is 9.38. The second-order valence-corrected chi connectivity index (χ2v) is 6.02. The van der Waals surface area contributed by atoms with Crippen molar-refractivity contribution in [2.24, 2.45) is 0 Å². The third-order valence-electron chi connectivity index (χ3n) is 2.56. The highest BCUT2D eigenvalue weighted by Crippen LogP contribution is 2.28. The van der Waals surface area contributed by atoms with Gasteiger partial charge in [0.05, 0.1) is 10.7 Å². The summed E-state index contributed by atoms with van der Waals surface area (Å²) in [6.45, 7) is 1.78. The summed E-state index contributed by atoms with van der Waals surface area (Å²) in [5.41, 5.74) is 1.58. The van der Waals surface area contributed by atoms with E-state index in [0.717, 1.165) is 10.0 Å². The van der Waals surface area contributed by atoms with Gasteiger partial charge in [-0.15, -0.1) is 0 Å². The molecule has 0 saturated heterocycles. The number of nitrogens with one attached hydrogen (secondary N) is 1. The third kappa shape index (κ3) is 3.44. The molecular formula is C13H8BrCl3N2O. The van der Waals surface area contributed by atoms with Gasteiger partial charge in [0.15, 0.2) is 5.15 Å². The highest BCUT2D eigenvalue weighted by Gasteiger charge is 2.13. The third-order valence-corrected chi connectivity index (χ3v) is 4.26. The van der Waals surface area contributed by atoms with Crippen molar-refractivity contribution in [1.29, 1.82) is 0 Å². The van der Waals surface area contributed by atoms with E-state index in [2.05, 4.69) is 26.2 Å². The molecule has 0 atom stereocenters. The minimum atomic E-state index is -0.325. The van der Waals surface area contributed by atoms with E-state index < -0.39 is 0 Å². The van der Waals surface area contributed by atoms with Crippen LogP contribution in [0.4, 0.5) is 5.69 Å². The number of carbonyl (C=O) groups excluding carboxylic acids is 1. The van der Waals surface area contributed by atoms with Crippen LogP contribution in [0.2, 0.25) is 15.3 Å². The monoisotopic (exact) mass is 392 g/mol. The number of pyridine rings is 1. The maximum atomic E-state index is 12.2. The maximum absolute atomic E-state index is 12.2. The Kier molecular flexibility index (Phi) is 4.91. The van der Waals surface area contributed by atoms with Crippen molar-refractivity contribution in [1.82, 2.24) is 4.98 Å².